The van der Waals surface area contributed by atoms with Gasteiger partial charge in [0.15, 0.2) is 5.96 Å². The average molecular weight is 472 g/mol. The summed E-state index contributed by atoms with van der Waals surface area (Å²) in [6, 6.07) is 8.45. The van der Waals surface area contributed by atoms with Crippen molar-refractivity contribution in [3.05, 3.63) is 57.5 Å². The first-order valence-electron chi connectivity index (χ1n) is 7.86. The lowest BCUT2D eigenvalue weighted by atomic mass is 10.1. The molecule has 0 aliphatic rings. The topological polar surface area (TPSA) is 60.2 Å². The van der Waals surface area contributed by atoms with E-state index < -0.39 is 0 Å². The number of nitrogens with one attached hydrogen (secondary N) is 2. The number of hydrogen-bond donors (Lipinski definition) is 2. The molecule has 0 bridgehead atoms. The number of hydrogen-bond acceptors (Lipinski definition) is 3. The predicted octanol–water partition coefficient (Wildman–Crippen LogP) is 4.24. The van der Waals surface area contributed by atoms with Crippen LogP contribution in [0.2, 0.25) is 0 Å². The molecule has 134 valence electrons. The number of aliphatic imine (C=N–C) groups is 1. The van der Waals surface area contributed by atoms with Crippen molar-refractivity contribution in [1.29, 1.82) is 5.26 Å². The second kappa shape index (κ2) is 11.1. The largest absolute Gasteiger partial charge is 0.357 e. The average Bonchev–Trinajstić information content (AvgIpc) is 3.13. The number of rotatable bonds is 6. The van der Waals surface area contributed by atoms with Crippen molar-refractivity contribution < 1.29 is 4.39 Å². The summed E-state index contributed by atoms with van der Waals surface area (Å²) in [6.07, 6.45) is 0. The van der Waals surface area contributed by atoms with Crippen molar-refractivity contribution in [2.75, 3.05) is 13.1 Å². The quantitative estimate of drug-likeness (QED) is 0.376. The van der Waals surface area contributed by atoms with Gasteiger partial charge < -0.3 is 10.6 Å². The van der Waals surface area contributed by atoms with Crippen LogP contribution in [0.4, 0.5) is 4.39 Å². The third-order valence-electron chi connectivity index (χ3n) is 3.61. The zero-order chi connectivity index (χ0) is 17.4. The van der Waals surface area contributed by atoms with Gasteiger partial charge in [-0.3, -0.25) is 0 Å². The Hall–Kier alpha value is -1.66. The van der Waals surface area contributed by atoms with Crippen LogP contribution in [0.15, 0.2) is 40.0 Å². The summed E-state index contributed by atoms with van der Waals surface area (Å²) in [5.74, 6) is 0.653. The fourth-order valence-electron chi connectivity index (χ4n) is 2.19. The summed E-state index contributed by atoms with van der Waals surface area (Å²) in [4.78, 5) is 4.42. The van der Waals surface area contributed by atoms with Gasteiger partial charge in [-0.1, -0.05) is 6.92 Å². The lowest BCUT2D eigenvalue weighted by molar-refractivity contribution is 0.609. The molecular weight excluding hydrogens is 450 g/mol. The van der Waals surface area contributed by atoms with Gasteiger partial charge in [0, 0.05) is 18.7 Å². The van der Waals surface area contributed by atoms with Crippen molar-refractivity contribution in [2.45, 2.75) is 26.3 Å². The van der Waals surface area contributed by atoms with E-state index in [1.807, 2.05) is 13.0 Å². The number of thiophene rings is 1. The van der Waals surface area contributed by atoms with Gasteiger partial charge in [0.05, 0.1) is 18.2 Å². The molecule has 0 amide bonds. The standard InChI is InChI=1S/C18H21FN4S.HI/c1-3-21-18(22-10-13(2)15-6-7-24-12-15)23-11-16-8-14(9-20)4-5-17(16)19;/h4-8,12-13H,3,10-11H2,1-2H3,(H2,21,22,23);1H. The third kappa shape index (κ3) is 6.63. The maximum absolute atomic E-state index is 13.8. The van der Waals surface area contributed by atoms with E-state index in [0.29, 0.717) is 23.0 Å². The van der Waals surface area contributed by atoms with Crippen molar-refractivity contribution in [3.63, 3.8) is 0 Å². The molecule has 0 fully saturated rings. The first kappa shape index (κ1) is 21.4. The highest BCUT2D eigenvalue weighted by Gasteiger charge is 2.08. The summed E-state index contributed by atoms with van der Waals surface area (Å²) in [7, 11) is 0. The molecule has 1 aromatic heterocycles. The summed E-state index contributed by atoms with van der Waals surface area (Å²) in [5.41, 5.74) is 2.14. The highest BCUT2D eigenvalue weighted by atomic mass is 127. The first-order valence-corrected chi connectivity index (χ1v) is 8.81. The highest BCUT2D eigenvalue weighted by molar-refractivity contribution is 14.0. The third-order valence-corrected chi connectivity index (χ3v) is 4.32. The first-order chi connectivity index (χ1) is 11.6. The molecule has 0 aliphatic heterocycles. The normalized spacial score (nSPS) is 12.0. The minimum atomic E-state index is -0.347. The summed E-state index contributed by atoms with van der Waals surface area (Å²) < 4.78 is 13.8. The van der Waals surface area contributed by atoms with Crippen LogP contribution in [0, 0.1) is 17.1 Å². The van der Waals surface area contributed by atoms with Crippen molar-refractivity contribution in [3.8, 4) is 6.07 Å². The zero-order valence-corrected chi connectivity index (χ0v) is 17.4. The van der Waals surface area contributed by atoms with Crippen LogP contribution >= 0.6 is 35.3 Å². The fraction of sp³-hybridized carbons (Fsp3) is 0.333. The zero-order valence-electron chi connectivity index (χ0n) is 14.3. The van der Waals surface area contributed by atoms with Gasteiger partial charge in [-0.05, 0) is 53.4 Å². The Kier molecular flexibility index (Phi) is 9.45. The molecule has 1 atom stereocenters. The number of nitrogens with zero attached hydrogens (tertiary/aromatic N) is 2. The minimum absolute atomic E-state index is 0. The van der Waals surface area contributed by atoms with Crippen LogP contribution in [0.3, 0.4) is 0 Å². The van der Waals surface area contributed by atoms with E-state index in [1.165, 1.54) is 23.8 Å². The lowest BCUT2D eigenvalue weighted by Crippen LogP contribution is -2.39. The molecule has 2 N–H and O–H groups in total. The van der Waals surface area contributed by atoms with Crippen molar-refractivity contribution >= 4 is 41.3 Å². The van der Waals surface area contributed by atoms with E-state index in [4.69, 9.17) is 5.26 Å². The predicted molar refractivity (Wildman–Crippen MR) is 112 cm³/mol. The molecule has 0 saturated heterocycles. The molecule has 7 heteroatoms. The molecule has 1 aromatic carbocycles. The van der Waals surface area contributed by atoms with E-state index in [9.17, 15) is 4.39 Å². The Morgan fingerprint density at radius 2 is 2.16 bits per heavy atom. The summed E-state index contributed by atoms with van der Waals surface area (Å²) in [6.45, 7) is 5.78. The Morgan fingerprint density at radius 1 is 1.36 bits per heavy atom. The number of nitriles is 1. The molecule has 2 rings (SSSR count). The van der Waals surface area contributed by atoms with Crippen LogP contribution < -0.4 is 10.6 Å². The SMILES string of the molecule is CCNC(=NCc1cc(C#N)ccc1F)NCC(C)c1ccsc1.I. The van der Waals surface area contributed by atoms with E-state index in [0.717, 1.165) is 13.1 Å². The molecule has 0 aliphatic carbocycles. The Balaban J connectivity index is 0.00000312. The number of benzene rings is 1. The fourth-order valence-corrected chi connectivity index (χ4v) is 2.98. The summed E-state index contributed by atoms with van der Waals surface area (Å²) >= 11 is 1.68. The maximum Gasteiger partial charge on any atom is 0.191 e. The molecule has 25 heavy (non-hydrogen) atoms. The Labute approximate surface area is 169 Å². The highest BCUT2D eigenvalue weighted by Crippen LogP contribution is 2.17. The van der Waals surface area contributed by atoms with Crippen molar-refractivity contribution in [2.24, 2.45) is 4.99 Å². The number of halogens is 2. The molecule has 1 heterocycles. The van der Waals surface area contributed by atoms with Crippen LogP contribution in [0.25, 0.3) is 0 Å². The molecule has 0 radical (unpaired) electrons. The maximum atomic E-state index is 13.8. The van der Waals surface area contributed by atoms with E-state index in [2.05, 4.69) is 39.4 Å². The van der Waals surface area contributed by atoms with E-state index >= 15 is 0 Å². The van der Waals surface area contributed by atoms with E-state index in [1.54, 1.807) is 11.3 Å². The number of guanidine groups is 1. The van der Waals surface area contributed by atoms with Gasteiger partial charge >= 0.3 is 0 Å². The van der Waals surface area contributed by atoms with Crippen LogP contribution in [0.5, 0.6) is 0 Å². The molecule has 4 nitrogen and oxygen atoms in total. The lowest BCUT2D eigenvalue weighted by Gasteiger charge is -2.15. The molecule has 2 aromatic rings. The molecular formula is C18H22FIN4S. The second-order valence-corrected chi connectivity index (χ2v) is 6.23. The second-order valence-electron chi connectivity index (χ2n) is 5.45. The van der Waals surface area contributed by atoms with Gasteiger partial charge in [0.2, 0.25) is 0 Å². The summed E-state index contributed by atoms with van der Waals surface area (Å²) in [5, 5.41) is 19.6. The minimum Gasteiger partial charge on any atom is -0.357 e. The Bertz CT molecular complexity index is 725. The van der Waals surface area contributed by atoms with Crippen LogP contribution in [-0.2, 0) is 6.54 Å². The van der Waals surface area contributed by atoms with Gasteiger partial charge in [-0.15, -0.1) is 24.0 Å². The molecule has 1 unspecified atom stereocenters. The van der Waals surface area contributed by atoms with Gasteiger partial charge in [-0.25, -0.2) is 9.38 Å². The van der Waals surface area contributed by atoms with E-state index in [-0.39, 0.29) is 36.3 Å². The van der Waals surface area contributed by atoms with Gasteiger partial charge in [0.25, 0.3) is 0 Å². The molecule has 0 spiro atoms. The molecule has 0 saturated carbocycles. The van der Waals surface area contributed by atoms with Gasteiger partial charge in [0.1, 0.15) is 5.82 Å². The van der Waals surface area contributed by atoms with Crippen molar-refractivity contribution in [1.82, 2.24) is 10.6 Å². The Morgan fingerprint density at radius 3 is 2.80 bits per heavy atom. The monoisotopic (exact) mass is 472 g/mol. The van der Waals surface area contributed by atoms with Crippen LogP contribution in [-0.4, -0.2) is 19.0 Å². The smallest absolute Gasteiger partial charge is 0.191 e. The van der Waals surface area contributed by atoms with Gasteiger partial charge in [-0.2, -0.15) is 16.6 Å². The van der Waals surface area contributed by atoms with Crippen LogP contribution in [0.1, 0.15) is 36.5 Å².